The van der Waals surface area contributed by atoms with Gasteiger partial charge in [-0.15, -0.1) is 0 Å². The molecular formula is C12H19N5. The lowest BCUT2D eigenvalue weighted by molar-refractivity contribution is 0.519. The van der Waals surface area contributed by atoms with Crippen LogP contribution in [0.2, 0.25) is 0 Å². The molecule has 1 atom stereocenters. The number of hydrogen-bond acceptors (Lipinski definition) is 3. The Balaban J connectivity index is 2.21. The van der Waals surface area contributed by atoms with Gasteiger partial charge in [-0.3, -0.25) is 4.68 Å². The summed E-state index contributed by atoms with van der Waals surface area (Å²) < 4.78 is 3.98. The van der Waals surface area contributed by atoms with E-state index in [4.69, 9.17) is 0 Å². The molecule has 2 rings (SSSR count). The molecule has 0 aliphatic heterocycles. The van der Waals surface area contributed by atoms with Gasteiger partial charge in [-0.25, -0.2) is 4.98 Å². The van der Waals surface area contributed by atoms with E-state index in [0.717, 1.165) is 17.9 Å². The molecule has 0 spiro atoms. The van der Waals surface area contributed by atoms with Crippen LogP contribution in [-0.2, 0) is 20.5 Å². The zero-order valence-corrected chi connectivity index (χ0v) is 10.8. The van der Waals surface area contributed by atoms with Crippen LogP contribution >= 0.6 is 0 Å². The van der Waals surface area contributed by atoms with Crippen LogP contribution in [0.1, 0.15) is 23.3 Å². The Bertz CT molecular complexity index is 497. The smallest absolute Gasteiger partial charge is 0.125 e. The molecule has 0 fully saturated rings. The van der Waals surface area contributed by atoms with Crippen molar-refractivity contribution < 1.29 is 0 Å². The van der Waals surface area contributed by atoms with Crippen LogP contribution in [0, 0.1) is 6.92 Å². The Morgan fingerprint density at radius 2 is 2.18 bits per heavy atom. The molecule has 0 aliphatic rings. The van der Waals surface area contributed by atoms with Crippen LogP contribution in [0.15, 0.2) is 18.5 Å². The number of hydrogen-bond donors (Lipinski definition) is 1. The molecule has 2 aromatic heterocycles. The van der Waals surface area contributed by atoms with E-state index in [1.54, 1.807) is 0 Å². The summed E-state index contributed by atoms with van der Waals surface area (Å²) in [5.74, 6) is 1.05. The standard InChI is InChI=1S/C12H19N5/c1-9-7-10(17(4)15-9)8-11(13-2)12-14-5-6-16(12)3/h5-7,11,13H,8H2,1-4H3. The highest BCUT2D eigenvalue weighted by Gasteiger charge is 2.16. The maximum atomic E-state index is 4.39. The van der Waals surface area contributed by atoms with Crippen molar-refractivity contribution >= 4 is 0 Å². The van der Waals surface area contributed by atoms with Gasteiger partial charge in [-0.05, 0) is 20.0 Å². The van der Waals surface area contributed by atoms with E-state index >= 15 is 0 Å². The minimum atomic E-state index is 0.213. The topological polar surface area (TPSA) is 47.7 Å². The number of nitrogens with one attached hydrogen (secondary N) is 1. The first-order chi connectivity index (χ1) is 8.11. The van der Waals surface area contributed by atoms with Gasteiger partial charge in [0.15, 0.2) is 0 Å². The third-order valence-electron chi connectivity index (χ3n) is 3.03. The lowest BCUT2D eigenvalue weighted by Gasteiger charge is -2.15. The first kappa shape index (κ1) is 11.9. The fourth-order valence-electron chi connectivity index (χ4n) is 2.10. The van der Waals surface area contributed by atoms with E-state index in [-0.39, 0.29) is 6.04 Å². The van der Waals surface area contributed by atoms with Gasteiger partial charge >= 0.3 is 0 Å². The Labute approximate surface area is 101 Å². The molecule has 0 saturated carbocycles. The van der Waals surface area contributed by atoms with Crippen molar-refractivity contribution in [1.29, 1.82) is 0 Å². The second-order valence-electron chi connectivity index (χ2n) is 4.34. The van der Waals surface area contributed by atoms with E-state index in [9.17, 15) is 0 Å². The van der Waals surface area contributed by atoms with Crippen LogP contribution in [0.4, 0.5) is 0 Å². The second kappa shape index (κ2) is 4.71. The molecule has 2 aromatic rings. The van der Waals surface area contributed by atoms with E-state index < -0.39 is 0 Å². The first-order valence-electron chi connectivity index (χ1n) is 5.76. The summed E-state index contributed by atoms with van der Waals surface area (Å²) in [7, 11) is 5.96. The van der Waals surface area contributed by atoms with Crippen LogP contribution in [0.25, 0.3) is 0 Å². The fraction of sp³-hybridized carbons (Fsp3) is 0.500. The van der Waals surface area contributed by atoms with Crippen LogP contribution in [0.3, 0.4) is 0 Å². The van der Waals surface area contributed by atoms with Crippen molar-refractivity contribution in [2.45, 2.75) is 19.4 Å². The van der Waals surface area contributed by atoms with Crippen LogP contribution in [0.5, 0.6) is 0 Å². The molecule has 0 amide bonds. The Kier molecular flexibility index (Phi) is 3.28. The molecule has 0 aliphatic carbocycles. The predicted molar refractivity (Wildman–Crippen MR) is 66.7 cm³/mol. The third-order valence-corrected chi connectivity index (χ3v) is 3.03. The summed E-state index contributed by atoms with van der Waals surface area (Å²) in [6, 6.07) is 2.33. The number of rotatable bonds is 4. The van der Waals surface area contributed by atoms with E-state index in [1.165, 1.54) is 5.69 Å². The minimum Gasteiger partial charge on any atom is -0.337 e. The molecule has 0 bridgehead atoms. The molecule has 1 N–H and O–H groups in total. The Hall–Kier alpha value is -1.62. The third kappa shape index (κ3) is 2.39. The lowest BCUT2D eigenvalue weighted by atomic mass is 10.1. The molecule has 2 heterocycles. The summed E-state index contributed by atoms with van der Waals surface area (Å²) in [5, 5.41) is 7.67. The van der Waals surface area contributed by atoms with E-state index in [0.29, 0.717) is 0 Å². The number of likely N-dealkylation sites (N-methyl/N-ethyl adjacent to an activating group) is 1. The molecule has 1 unspecified atom stereocenters. The quantitative estimate of drug-likeness (QED) is 0.856. The minimum absolute atomic E-state index is 0.213. The van der Waals surface area contributed by atoms with E-state index in [1.807, 2.05) is 49.7 Å². The van der Waals surface area contributed by atoms with Gasteiger partial charge in [0.25, 0.3) is 0 Å². The summed E-state index contributed by atoms with van der Waals surface area (Å²) in [6.45, 7) is 2.01. The average Bonchev–Trinajstić information content (AvgIpc) is 2.82. The number of aryl methyl sites for hydroxylation is 3. The van der Waals surface area contributed by atoms with Crippen molar-refractivity contribution in [2.75, 3.05) is 7.05 Å². The van der Waals surface area contributed by atoms with Gasteiger partial charge in [0.2, 0.25) is 0 Å². The first-order valence-corrected chi connectivity index (χ1v) is 5.76. The largest absolute Gasteiger partial charge is 0.337 e. The molecule has 5 heteroatoms. The summed E-state index contributed by atoms with van der Waals surface area (Å²) in [5.41, 5.74) is 2.27. The highest BCUT2D eigenvalue weighted by molar-refractivity contribution is 5.12. The molecule has 0 saturated heterocycles. The highest BCUT2D eigenvalue weighted by atomic mass is 15.3. The average molecular weight is 233 g/mol. The van der Waals surface area contributed by atoms with Crippen molar-refractivity contribution in [3.63, 3.8) is 0 Å². The fourth-order valence-corrected chi connectivity index (χ4v) is 2.10. The van der Waals surface area contributed by atoms with Crippen molar-refractivity contribution in [1.82, 2.24) is 24.6 Å². The van der Waals surface area contributed by atoms with Crippen molar-refractivity contribution in [2.24, 2.45) is 14.1 Å². The predicted octanol–water partition coefficient (Wildman–Crippen LogP) is 0.965. The summed E-state index contributed by atoms with van der Waals surface area (Å²) in [4.78, 5) is 4.39. The molecule has 92 valence electrons. The van der Waals surface area contributed by atoms with Gasteiger partial charge < -0.3 is 9.88 Å². The summed E-state index contributed by atoms with van der Waals surface area (Å²) in [6.07, 6.45) is 4.68. The number of aromatic nitrogens is 4. The SMILES string of the molecule is CNC(Cc1cc(C)nn1C)c1nccn1C. The monoisotopic (exact) mass is 233 g/mol. The molecule has 0 radical (unpaired) electrons. The molecule has 5 nitrogen and oxygen atoms in total. The van der Waals surface area contributed by atoms with Gasteiger partial charge in [0, 0.05) is 38.6 Å². The Morgan fingerprint density at radius 1 is 1.41 bits per heavy atom. The van der Waals surface area contributed by atoms with Crippen molar-refractivity contribution in [3.8, 4) is 0 Å². The highest BCUT2D eigenvalue weighted by Crippen LogP contribution is 2.16. The molecule has 0 aromatic carbocycles. The maximum Gasteiger partial charge on any atom is 0.125 e. The zero-order valence-electron chi connectivity index (χ0n) is 10.8. The van der Waals surface area contributed by atoms with Crippen LogP contribution in [-0.4, -0.2) is 26.4 Å². The molecule has 17 heavy (non-hydrogen) atoms. The number of imidazole rings is 1. The summed E-state index contributed by atoms with van der Waals surface area (Å²) >= 11 is 0. The van der Waals surface area contributed by atoms with Gasteiger partial charge in [-0.1, -0.05) is 0 Å². The van der Waals surface area contributed by atoms with Crippen molar-refractivity contribution in [3.05, 3.63) is 35.7 Å². The van der Waals surface area contributed by atoms with Gasteiger partial charge in [0.1, 0.15) is 5.82 Å². The van der Waals surface area contributed by atoms with E-state index in [2.05, 4.69) is 21.5 Å². The van der Waals surface area contributed by atoms with Gasteiger partial charge in [0.05, 0.1) is 11.7 Å². The Morgan fingerprint density at radius 3 is 2.65 bits per heavy atom. The van der Waals surface area contributed by atoms with Crippen LogP contribution < -0.4 is 5.32 Å². The zero-order chi connectivity index (χ0) is 12.4. The second-order valence-corrected chi connectivity index (χ2v) is 4.34. The normalized spacial score (nSPS) is 12.9. The maximum absolute atomic E-state index is 4.39. The lowest BCUT2D eigenvalue weighted by Crippen LogP contribution is -2.23. The molecular weight excluding hydrogens is 214 g/mol. The van der Waals surface area contributed by atoms with Gasteiger partial charge in [-0.2, -0.15) is 5.10 Å². The number of nitrogens with zero attached hydrogens (tertiary/aromatic N) is 4.